The molecule has 4 aliphatic carbocycles. The van der Waals surface area contributed by atoms with E-state index in [0.717, 1.165) is 87.8 Å². The number of ether oxygens (including phenoxy) is 6. The molecular formula is C42H44O10. The number of fused-ring (bicyclic) bond motifs is 6. The monoisotopic (exact) mass is 708 g/mol. The predicted molar refractivity (Wildman–Crippen MR) is 193 cm³/mol. The first kappa shape index (κ1) is 34.2. The second kappa shape index (κ2) is 14.3. The van der Waals surface area contributed by atoms with Crippen molar-refractivity contribution in [1.82, 2.24) is 0 Å². The van der Waals surface area contributed by atoms with Gasteiger partial charge in [-0.05, 0) is 133 Å². The molecular weight excluding hydrogens is 664 g/mol. The van der Waals surface area contributed by atoms with E-state index >= 15 is 0 Å². The number of rotatable bonds is 16. The zero-order valence-electron chi connectivity index (χ0n) is 29.8. The Kier molecular flexibility index (Phi) is 9.40. The first-order valence-electron chi connectivity index (χ1n) is 19.0. The standard InChI is InChI=1S/C42H44O10/c1-3-5-15-47-33-17-27-28-18-34(48-16-6-4-2)36(50-40(44)24-9-10-24)20-30(28)32-22-38(52-42(46)26-13-14-26)37(51-41(45)25-11-12-25)21-31(32)29(27)19-35(33)49-39(43)23-7-8-23/h17-26H,3-16H2,1-2H3. The zero-order chi connectivity index (χ0) is 35.9. The highest BCUT2D eigenvalue weighted by molar-refractivity contribution is 6.27. The lowest BCUT2D eigenvalue weighted by Crippen LogP contribution is -2.14. The lowest BCUT2D eigenvalue weighted by molar-refractivity contribution is -0.138. The van der Waals surface area contributed by atoms with Crippen molar-refractivity contribution in [2.24, 2.45) is 23.7 Å². The topological polar surface area (TPSA) is 124 Å². The second-order valence-corrected chi connectivity index (χ2v) is 14.7. The van der Waals surface area contributed by atoms with Crippen LogP contribution in [-0.2, 0) is 19.2 Å². The first-order chi connectivity index (χ1) is 25.3. The molecule has 8 rings (SSSR count). The molecule has 4 aromatic carbocycles. The predicted octanol–water partition coefficient (Wildman–Crippen LogP) is 8.77. The number of carbonyl (C=O) groups excluding carboxylic acids is 4. The molecule has 10 heteroatoms. The minimum absolute atomic E-state index is 0.135. The smallest absolute Gasteiger partial charge is 0.314 e. The van der Waals surface area contributed by atoms with Gasteiger partial charge in [-0.2, -0.15) is 0 Å². The van der Waals surface area contributed by atoms with E-state index in [-0.39, 0.29) is 59.0 Å². The fraction of sp³-hybridized carbons (Fsp3) is 0.476. The molecule has 0 aliphatic heterocycles. The number of benzene rings is 4. The molecule has 52 heavy (non-hydrogen) atoms. The minimum Gasteiger partial charge on any atom is -0.490 e. The first-order valence-corrected chi connectivity index (χ1v) is 19.0. The minimum atomic E-state index is -0.373. The van der Waals surface area contributed by atoms with E-state index in [1.807, 2.05) is 12.1 Å². The van der Waals surface area contributed by atoms with E-state index in [1.165, 1.54) is 0 Å². The molecule has 4 aliphatic rings. The normalized spacial score (nSPS) is 16.9. The van der Waals surface area contributed by atoms with E-state index < -0.39 is 0 Å². The number of carbonyl (C=O) groups is 4. The van der Waals surface area contributed by atoms with Crippen molar-refractivity contribution in [2.45, 2.75) is 90.9 Å². The zero-order valence-corrected chi connectivity index (χ0v) is 29.8. The fourth-order valence-electron chi connectivity index (χ4n) is 6.26. The van der Waals surface area contributed by atoms with E-state index in [4.69, 9.17) is 28.4 Å². The van der Waals surface area contributed by atoms with Crippen LogP contribution in [0.3, 0.4) is 0 Å². The van der Waals surface area contributed by atoms with Gasteiger partial charge in [0, 0.05) is 0 Å². The van der Waals surface area contributed by atoms with Crippen molar-refractivity contribution in [3.63, 3.8) is 0 Å². The summed E-state index contributed by atoms with van der Waals surface area (Å²) in [6.07, 6.45) is 9.64. The van der Waals surface area contributed by atoms with Gasteiger partial charge in [0.05, 0.1) is 36.9 Å². The molecule has 10 nitrogen and oxygen atoms in total. The van der Waals surface area contributed by atoms with Gasteiger partial charge in [0.15, 0.2) is 34.5 Å². The Morgan fingerprint density at radius 1 is 0.423 bits per heavy atom. The highest BCUT2D eigenvalue weighted by Crippen LogP contribution is 2.48. The van der Waals surface area contributed by atoms with Crippen LogP contribution in [0, 0.1) is 23.7 Å². The van der Waals surface area contributed by atoms with Crippen LogP contribution in [0.4, 0.5) is 0 Å². The molecule has 0 atom stereocenters. The molecule has 0 aromatic heterocycles. The molecule has 0 amide bonds. The van der Waals surface area contributed by atoms with Gasteiger partial charge in [-0.3, -0.25) is 19.2 Å². The van der Waals surface area contributed by atoms with Crippen LogP contribution in [0.25, 0.3) is 32.3 Å². The SMILES string of the molecule is CCCCOc1cc2c3cc(OCCCC)c(OC(=O)C4CC4)cc3c3cc(OC(=O)C4CC4)c(OC(=O)C4CC4)cc3c2cc1OC(=O)C1CC1. The van der Waals surface area contributed by atoms with Gasteiger partial charge in [0.1, 0.15) is 0 Å². The van der Waals surface area contributed by atoms with Crippen molar-refractivity contribution >= 4 is 56.2 Å². The molecule has 0 bridgehead atoms. The van der Waals surface area contributed by atoms with Gasteiger partial charge >= 0.3 is 23.9 Å². The highest BCUT2D eigenvalue weighted by Gasteiger charge is 2.36. The van der Waals surface area contributed by atoms with Crippen LogP contribution in [0.5, 0.6) is 34.5 Å². The fourth-order valence-corrected chi connectivity index (χ4v) is 6.26. The van der Waals surface area contributed by atoms with Gasteiger partial charge in [0.2, 0.25) is 0 Å². The molecule has 4 saturated carbocycles. The Morgan fingerprint density at radius 3 is 0.885 bits per heavy atom. The summed E-state index contributed by atoms with van der Waals surface area (Å²) in [7, 11) is 0. The summed E-state index contributed by atoms with van der Waals surface area (Å²) in [4.78, 5) is 52.1. The van der Waals surface area contributed by atoms with E-state index in [1.54, 1.807) is 24.3 Å². The molecule has 4 fully saturated rings. The van der Waals surface area contributed by atoms with Crippen LogP contribution in [-0.4, -0.2) is 37.1 Å². The van der Waals surface area contributed by atoms with E-state index in [2.05, 4.69) is 13.8 Å². The van der Waals surface area contributed by atoms with Crippen molar-refractivity contribution in [2.75, 3.05) is 13.2 Å². The molecule has 272 valence electrons. The quantitative estimate of drug-likeness (QED) is 0.0483. The largest absolute Gasteiger partial charge is 0.490 e. The number of hydrogen-bond donors (Lipinski definition) is 0. The molecule has 0 heterocycles. The Morgan fingerprint density at radius 2 is 0.654 bits per heavy atom. The third-order valence-electron chi connectivity index (χ3n) is 10.1. The van der Waals surface area contributed by atoms with Crippen LogP contribution in [0.1, 0.15) is 90.9 Å². The summed E-state index contributed by atoms with van der Waals surface area (Å²) in [6, 6.07) is 10.8. The maximum atomic E-state index is 13.0. The van der Waals surface area contributed by atoms with Crippen LogP contribution in [0.2, 0.25) is 0 Å². The lowest BCUT2D eigenvalue weighted by Gasteiger charge is -2.19. The van der Waals surface area contributed by atoms with Gasteiger partial charge in [-0.15, -0.1) is 0 Å². The second-order valence-electron chi connectivity index (χ2n) is 14.7. The van der Waals surface area contributed by atoms with Gasteiger partial charge < -0.3 is 28.4 Å². The summed E-state index contributed by atoms with van der Waals surface area (Å²) < 4.78 is 36.4. The maximum Gasteiger partial charge on any atom is 0.314 e. The average Bonchev–Trinajstić information content (AvgIpc) is 3.96. The Hall–Kier alpha value is -4.86. The highest BCUT2D eigenvalue weighted by atomic mass is 16.6. The van der Waals surface area contributed by atoms with Gasteiger partial charge in [-0.1, -0.05) is 26.7 Å². The third kappa shape index (κ3) is 7.38. The average molecular weight is 709 g/mol. The van der Waals surface area contributed by atoms with Crippen molar-refractivity contribution in [3.05, 3.63) is 36.4 Å². The summed E-state index contributed by atoms with van der Waals surface area (Å²) in [5, 5.41) is 4.26. The summed E-state index contributed by atoms with van der Waals surface area (Å²) in [5.74, 6) is -0.252. The van der Waals surface area contributed by atoms with Crippen LogP contribution < -0.4 is 28.4 Å². The summed E-state index contributed by atoms with van der Waals surface area (Å²) in [6.45, 7) is 5.03. The molecule has 0 N–H and O–H groups in total. The van der Waals surface area contributed by atoms with E-state index in [0.29, 0.717) is 57.8 Å². The molecule has 0 saturated heterocycles. The van der Waals surface area contributed by atoms with Crippen molar-refractivity contribution in [3.8, 4) is 34.5 Å². The number of unbranched alkanes of at least 4 members (excludes halogenated alkanes) is 2. The number of esters is 4. The Labute approximate surface area is 302 Å². The maximum absolute atomic E-state index is 13.0. The Bertz CT molecular complexity index is 1940. The van der Waals surface area contributed by atoms with Crippen LogP contribution in [0.15, 0.2) is 36.4 Å². The van der Waals surface area contributed by atoms with Gasteiger partial charge in [-0.25, -0.2) is 0 Å². The molecule has 0 spiro atoms. The van der Waals surface area contributed by atoms with Crippen molar-refractivity contribution in [1.29, 1.82) is 0 Å². The molecule has 0 radical (unpaired) electrons. The lowest BCUT2D eigenvalue weighted by atomic mass is 9.93. The van der Waals surface area contributed by atoms with Crippen molar-refractivity contribution < 1.29 is 47.6 Å². The third-order valence-corrected chi connectivity index (χ3v) is 10.1. The van der Waals surface area contributed by atoms with Crippen LogP contribution >= 0.6 is 0 Å². The van der Waals surface area contributed by atoms with E-state index in [9.17, 15) is 19.2 Å². The van der Waals surface area contributed by atoms with Gasteiger partial charge in [0.25, 0.3) is 0 Å². The number of hydrogen-bond acceptors (Lipinski definition) is 10. The molecule has 0 unspecified atom stereocenters. The molecule has 4 aromatic rings. The Balaban J connectivity index is 1.37. The summed E-state index contributed by atoms with van der Waals surface area (Å²) >= 11 is 0. The summed E-state index contributed by atoms with van der Waals surface area (Å²) in [5.41, 5.74) is 0.